The van der Waals surface area contributed by atoms with Gasteiger partial charge in [0, 0.05) is 7.05 Å². The lowest BCUT2D eigenvalue weighted by molar-refractivity contribution is -0.131. The Morgan fingerprint density at radius 3 is 2.52 bits per heavy atom. The zero-order valence-electron chi connectivity index (χ0n) is 16.6. The van der Waals surface area contributed by atoms with Crippen molar-refractivity contribution in [1.82, 2.24) is 15.0 Å². The largest absolute Gasteiger partial charge is 0.337 e. The van der Waals surface area contributed by atoms with Gasteiger partial charge < -0.3 is 9.42 Å². The molecule has 3 aromatic rings. The number of likely N-dealkylation sites (N-methyl/N-ethyl adjacent to an activating group) is 1. The summed E-state index contributed by atoms with van der Waals surface area (Å²) in [6.07, 6.45) is 1.09. The predicted octanol–water partition coefficient (Wildman–Crippen LogP) is 2.92. The van der Waals surface area contributed by atoms with Gasteiger partial charge in [0.25, 0.3) is 0 Å². The lowest BCUT2D eigenvalue weighted by Gasteiger charge is -2.30. The van der Waals surface area contributed by atoms with E-state index in [2.05, 4.69) is 10.1 Å². The number of hydrogen-bond acceptors (Lipinski definition) is 7. The van der Waals surface area contributed by atoms with Gasteiger partial charge in [-0.05, 0) is 37.4 Å². The molecule has 29 heavy (non-hydrogen) atoms. The fraction of sp³-hybridized carbons (Fsp3) is 0.316. The van der Waals surface area contributed by atoms with Crippen molar-refractivity contribution in [2.75, 3.05) is 17.6 Å². The van der Waals surface area contributed by atoms with Crippen LogP contribution in [0.25, 0.3) is 10.7 Å². The van der Waals surface area contributed by atoms with Gasteiger partial charge in [-0.25, -0.2) is 8.42 Å². The van der Waals surface area contributed by atoms with Crippen molar-refractivity contribution in [1.29, 1.82) is 0 Å². The highest BCUT2D eigenvalue weighted by Gasteiger charge is 2.31. The zero-order valence-corrected chi connectivity index (χ0v) is 18.2. The Balaban J connectivity index is 1.77. The lowest BCUT2D eigenvalue weighted by atomic mass is 10.2. The summed E-state index contributed by atoms with van der Waals surface area (Å²) in [5.41, 5.74) is 1.43. The molecule has 0 bridgehead atoms. The van der Waals surface area contributed by atoms with Gasteiger partial charge in [0.1, 0.15) is 6.04 Å². The van der Waals surface area contributed by atoms with Crippen molar-refractivity contribution in [3.05, 3.63) is 53.2 Å². The van der Waals surface area contributed by atoms with E-state index < -0.39 is 16.1 Å². The first kappa shape index (κ1) is 21.0. The van der Waals surface area contributed by atoms with Crippen LogP contribution in [0, 0.1) is 6.92 Å². The van der Waals surface area contributed by atoms with E-state index in [9.17, 15) is 13.2 Å². The van der Waals surface area contributed by atoms with Crippen molar-refractivity contribution >= 4 is 33.0 Å². The topological polar surface area (TPSA) is 96.6 Å². The molecular formula is C19H22N4O4S2. The predicted molar refractivity (Wildman–Crippen MR) is 112 cm³/mol. The van der Waals surface area contributed by atoms with E-state index in [1.54, 1.807) is 38.2 Å². The molecule has 2 aromatic heterocycles. The second kappa shape index (κ2) is 8.34. The molecule has 2 heterocycles. The zero-order chi connectivity index (χ0) is 21.2. The van der Waals surface area contributed by atoms with Crippen LogP contribution in [0.5, 0.6) is 0 Å². The first-order valence-electron chi connectivity index (χ1n) is 8.84. The van der Waals surface area contributed by atoms with Crippen LogP contribution in [-0.2, 0) is 21.4 Å². The van der Waals surface area contributed by atoms with Crippen LogP contribution in [0.15, 0.2) is 46.3 Å². The molecule has 0 saturated carbocycles. The summed E-state index contributed by atoms with van der Waals surface area (Å²) < 4.78 is 31.1. The molecule has 0 aliphatic rings. The quantitative estimate of drug-likeness (QED) is 0.567. The van der Waals surface area contributed by atoms with Gasteiger partial charge in [0.05, 0.1) is 23.4 Å². The van der Waals surface area contributed by atoms with Crippen LogP contribution in [0.3, 0.4) is 0 Å². The monoisotopic (exact) mass is 434 g/mol. The molecule has 1 aromatic carbocycles. The van der Waals surface area contributed by atoms with Gasteiger partial charge in [-0.2, -0.15) is 4.98 Å². The summed E-state index contributed by atoms with van der Waals surface area (Å²) in [6, 6.07) is 9.81. The lowest BCUT2D eigenvalue weighted by Crippen LogP contribution is -2.48. The number of amides is 1. The molecule has 0 fully saturated rings. The maximum absolute atomic E-state index is 12.9. The first-order valence-corrected chi connectivity index (χ1v) is 11.6. The van der Waals surface area contributed by atoms with Gasteiger partial charge in [-0.15, -0.1) is 11.3 Å². The second-order valence-electron chi connectivity index (χ2n) is 6.75. The number of sulfonamides is 1. The molecule has 0 saturated heterocycles. The highest BCUT2D eigenvalue weighted by molar-refractivity contribution is 7.92. The Hall–Kier alpha value is -2.72. The molecule has 0 aliphatic carbocycles. The van der Waals surface area contributed by atoms with E-state index in [4.69, 9.17) is 4.52 Å². The molecule has 8 nitrogen and oxygen atoms in total. The van der Waals surface area contributed by atoms with Crippen LogP contribution in [0.2, 0.25) is 0 Å². The van der Waals surface area contributed by atoms with Crippen LogP contribution < -0.4 is 4.31 Å². The average molecular weight is 435 g/mol. The number of hydrogen-bond donors (Lipinski definition) is 0. The molecular weight excluding hydrogens is 412 g/mol. The summed E-state index contributed by atoms with van der Waals surface area (Å²) in [5, 5.41) is 5.84. The van der Waals surface area contributed by atoms with Crippen molar-refractivity contribution in [3.8, 4) is 10.7 Å². The summed E-state index contributed by atoms with van der Waals surface area (Å²) >= 11 is 1.49. The molecule has 0 spiro atoms. The number of rotatable bonds is 7. The Kier molecular flexibility index (Phi) is 6.04. The summed E-state index contributed by atoms with van der Waals surface area (Å²) in [4.78, 5) is 19.5. The fourth-order valence-corrected chi connectivity index (χ4v) is 4.74. The van der Waals surface area contributed by atoms with Gasteiger partial charge in [0.15, 0.2) is 0 Å². The van der Waals surface area contributed by atoms with Gasteiger partial charge in [0.2, 0.25) is 27.6 Å². The second-order valence-corrected chi connectivity index (χ2v) is 9.56. The van der Waals surface area contributed by atoms with Crippen molar-refractivity contribution in [3.63, 3.8) is 0 Å². The van der Waals surface area contributed by atoms with Crippen LogP contribution in [0.4, 0.5) is 5.69 Å². The van der Waals surface area contributed by atoms with Gasteiger partial charge >= 0.3 is 0 Å². The minimum absolute atomic E-state index is 0.0764. The Morgan fingerprint density at radius 2 is 1.93 bits per heavy atom. The third-order valence-electron chi connectivity index (χ3n) is 4.31. The van der Waals surface area contributed by atoms with Gasteiger partial charge in [-0.3, -0.25) is 9.10 Å². The van der Waals surface area contributed by atoms with E-state index >= 15 is 0 Å². The molecule has 0 aliphatic heterocycles. The molecule has 10 heteroatoms. The maximum Gasteiger partial charge on any atom is 0.246 e. The molecule has 154 valence electrons. The molecule has 1 unspecified atom stereocenters. The SMILES string of the molecule is Cc1ccc(N(C(C)C(=O)N(C)Cc2nc(-c3cccs3)no2)S(C)(=O)=O)cc1. The Morgan fingerprint density at radius 1 is 1.24 bits per heavy atom. The van der Waals surface area contributed by atoms with E-state index in [0.717, 1.165) is 21.0 Å². The smallest absolute Gasteiger partial charge is 0.246 e. The van der Waals surface area contributed by atoms with E-state index in [0.29, 0.717) is 11.5 Å². The van der Waals surface area contributed by atoms with Crippen LogP contribution in [0.1, 0.15) is 18.4 Å². The highest BCUT2D eigenvalue weighted by Crippen LogP contribution is 2.23. The molecule has 1 amide bonds. The summed E-state index contributed by atoms with van der Waals surface area (Å²) in [7, 11) is -2.10. The number of benzene rings is 1. The van der Waals surface area contributed by atoms with E-state index in [1.807, 2.05) is 24.4 Å². The third-order valence-corrected chi connectivity index (χ3v) is 6.42. The molecule has 0 radical (unpaired) electrons. The minimum Gasteiger partial charge on any atom is -0.337 e. The number of anilines is 1. The van der Waals surface area contributed by atoms with Crippen molar-refractivity contribution < 1.29 is 17.7 Å². The normalized spacial score (nSPS) is 12.6. The number of aryl methyl sites for hydroxylation is 1. The Bertz CT molecular complexity index is 1080. The maximum atomic E-state index is 12.9. The molecule has 0 N–H and O–H groups in total. The number of thiophene rings is 1. The van der Waals surface area contributed by atoms with E-state index in [1.165, 1.54) is 16.2 Å². The minimum atomic E-state index is -3.67. The van der Waals surface area contributed by atoms with Crippen molar-refractivity contribution in [2.45, 2.75) is 26.4 Å². The number of aromatic nitrogens is 2. The van der Waals surface area contributed by atoms with Gasteiger partial charge in [-0.1, -0.05) is 28.9 Å². The summed E-state index contributed by atoms with van der Waals surface area (Å²) in [6.45, 7) is 3.55. The number of carbonyl (C=O) groups excluding carboxylic acids is 1. The van der Waals surface area contributed by atoms with Crippen LogP contribution >= 0.6 is 11.3 Å². The highest BCUT2D eigenvalue weighted by atomic mass is 32.2. The summed E-state index contributed by atoms with van der Waals surface area (Å²) in [5.74, 6) is 0.353. The van der Waals surface area contributed by atoms with E-state index in [-0.39, 0.29) is 18.3 Å². The van der Waals surface area contributed by atoms with Crippen molar-refractivity contribution in [2.24, 2.45) is 0 Å². The average Bonchev–Trinajstić information content (AvgIpc) is 3.33. The molecule has 1 atom stereocenters. The Labute approximate surface area is 173 Å². The number of carbonyl (C=O) groups is 1. The standard InChI is InChI=1S/C19H22N4O4S2/c1-13-7-9-15(10-8-13)23(29(4,25)26)14(2)19(24)22(3)12-17-20-18(21-27-17)16-6-5-11-28-16/h5-11,14H,12H2,1-4H3. The fourth-order valence-electron chi connectivity index (χ4n) is 2.92. The third kappa shape index (κ3) is 4.83. The molecule has 3 rings (SSSR count). The first-order chi connectivity index (χ1) is 13.7. The number of nitrogens with zero attached hydrogens (tertiary/aromatic N) is 4. The van der Waals surface area contributed by atoms with Crippen LogP contribution in [-0.4, -0.2) is 48.7 Å².